The van der Waals surface area contributed by atoms with Crippen molar-refractivity contribution in [3.63, 3.8) is 0 Å². The molecule has 0 atom stereocenters. The summed E-state index contributed by atoms with van der Waals surface area (Å²) in [6.45, 7) is 7.22. The summed E-state index contributed by atoms with van der Waals surface area (Å²) in [6, 6.07) is 9.87. The SMILES string of the molecule is CCOc1ccc(CN(C)C(=O)c2cnc3c(cnn3C(C)C)c2)cc1. The molecule has 0 bridgehead atoms. The number of carbonyl (C=O) groups is 1. The monoisotopic (exact) mass is 352 g/mol. The molecule has 2 heterocycles. The van der Waals surface area contributed by atoms with Crippen LogP contribution in [0.3, 0.4) is 0 Å². The Labute approximate surface area is 153 Å². The number of fused-ring (bicyclic) bond motifs is 1. The van der Waals surface area contributed by atoms with Crippen molar-refractivity contribution in [3.8, 4) is 5.75 Å². The smallest absolute Gasteiger partial charge is 0.255 e. The average molecular weight is 352 g/mol. The molecule has 1 amide bonds. The molecule has 0 aliphatic rings. The van der Waals surface area contributed by atoms with E-state index in [1.165, 1.54) is 0 Å². The molecule has 0 saturated carbocycles. The fraction of sp³-hybridized carbons (Fsp3) is 0.350. The topological polar surface area (TPSA) is 60.2 Å². The van der Waals surface area contributed by atoms with Crippen LogP contribution in [0.4, 0.5) is 0 Å². The molecule has 1 aromatic carbocycles. The van der Waals surface area contributed by atoms with Crippen molar-refractivity contribution in [1.29, 1.82) is 0 Å². The van der Waals surface area contributed by atoms with Gasteiger partial charge in [-0.25, -0.2) is 9.67 Å². The predicted octanol–water partition coefficient (Wildman–Crippen LogP) is 3.68. The molecule has 136 valence electrons. The summed E-state index contributed by atoms with van der Waals surface area (Å²) in [5.74, 6) is 0.771. The van der Waals surface area contributed by atoms with Gasteiger partial charge in [-0.3, -0.25) is 4.79 Å². The minimum absolute atomic E-state index is 0.0643. The van der Waals surface area contributed by atoms with Gasteiger partial charge in [0, 0.05) is 31.2 Å². The van der Waals surface area contributed by atoms with Gasteiger partial charge in [-0.05, 0) is 44.5 Å². The van der Waals surface area contributed by atoms with Crippen LogP contribution in [-0.4, -0.2) is 39.2 Å². The number of amides is 1. The van der Waals surface area contributed by atoms with Gasteiger partial charge in [0.05, 0.1) is 18.4 Å². The van der Waals surface area contributed by atoms with Crippen LogP contribution in [0, 0.1) is 0 Å². The highest BCUT2D eigenvalue weighted by atomic mass is 16.5. The minimum atomic E-state index is -0.0643. The maximum atomic E-state index is 12.7. The molecule has 0 N–H and O–H groups in total. The molecular weight excluding hydrogens is 328 g/mol. The van der Waals surface area contributed by atoms with E-state index in [0.29, 0.717) is 18.7 Å². The summed E-state index contributed by atoms with van der Waals surface area (Å²) in [4.78, 5) is 18.9. The van der Waals surface area contributed by atoms with Crippen LogP contribution in [-0.2, 0) is 6.54 Å². The third-order valence-corrected chi connectivity index (χ3v) is 4.17. The highest BCUT2D eigenvalue weighted by Crippen LogP contribution is 2.18. The molecule has 0 unspecified atom stereocenters. The Bertz CT molecular complexity index is 900. The Hall–Kier alpha value is -2.89. The number of hydrogen-bond donors (Lipinski definition) is 0. The van der Waals surface area contributed by atoms with Crippen molar-refractivity contribution in [3.05, 3.63) is 53.9 Å². The van der Waals surface area contributed by atoms with Crippen molar-refractivity contribution < 1.29 is 9.53 Å². The predicted molar refractivity (Wildman–Crippen MR) is 101 cm³/mol. The molecule has 3 rings (SSSR count). The summed E-state index contributed by atoms with van der Waals surface area (Å²) in [7, 11) is 1.79. The van der Waals surface area contributed by atoms with Crippen molar-refractivity contribution >= 4 is 16.9 Å². The van der Waals surface area contributed by atoms with E-state index in [2.05, 4.69) is 23.9 Å². The van der Waals surface area contributed by atoms with Crippen molar-refractivity contribution in [2.75, 3.05) is 13.7 Å². The third-order valence-electron chi connectivity index (χ3n) is 4.17. The van der Waals surface area contributed by atoms with Crippen molar-refractivity contribution in [1.82, 2.24) is 19.7 Å². The van der Waals surface area contributed by atoms with E-state index < -0.39 is 0 Å². The number of nitrogens with zero attached hydrogens (tertiary/aromatic N) is 4. The number of aromatic nitrogens is 3. The van der Waals surface area contributed by atoms with Gasteiger partial charge in [0.1, 0.15) is 5.75 Å². The first-order valence-corrected chi connectivity index (χ1v) is 8.80. The largest absolute Gasteiger partial charge is 0.494 e. The molecule has 6 heteroatoms. The van der Waals surface area contributed by atoms with Gasteiger partial charge in [0.2, 0.25) is 0 Å². The standard InChI is InChI=1S/C20H24N4O2/c1-5-26-18-8-6-15(7-9-18)13-23(4)20(25)17-10-16-12-22-24(14(2)3)19(16)21-11-17/h6-12,14H,5,13H2,1-4H3. The third kappa shape index (κ3) is 3.69. The lowest BCUT2D eigenvalue weighted by molar-refractivity contribution is 0.0785. The maximum absolute atomic E-state index is 12.7. The van der Waals surface area contributed by atoms with Crippen LogP contribution in [0.1, 0.15) is 42.7 Å². The summed E-state index contributed by atoms with van der Waals surface area (Å²) in [5.41, 5.74) is 2.41. The Morgan fingerprint density at radius 2 is 1.96 bits per heavy atom. The summed E-state index contributed by atoms with van der Waals surface area (Å²) in [5, 5.41) is 5.22. The summed E-state index contributed by atoms with van der Waals surface area (Å²) < 4.78 is 7.30. The molecule has 6 nitrogen and oxygen atoms in total. The highest BCUT2D eigenvalue weighted by Gasteiger charge is 2.15. The van der Waals surface area contributed by atoms with E-state index in [1.807, 2.05) is 41.9 Å². The van der Waals surface area contributed by atoms with E-state index in [4.69, 9.17) is 4.74 Å². The number of carbonyl (C=O) groups excluding carboxylic acids is 1. The van der Waals surface area contributed by atoms with Crippen LogP contribution in [0.15, 0.2) is 42.7 Å². The fourth-order valence-electron chi connectivity index (χ4n) is 2.86. The molecule has 0 spiro atoms. The molecular formula is C20H24N4O2. The van der Waals surface area contributed by atoms with Gasteiger partial charge < -0.3 is 9.64 Å². The van der Waals surface area contributed by atoms with Gasteiger partial charge in [-0.1, -0.05) is 12.1 Å². The number of ether oxygens (including phenoxy) is 1. The lowest BCUT2D eigenvalue weighted by Gasteiger charge is -2.17. The minimum Gasteiger partial charge on any atom is -0.494 e. The number of pyridine rings is 1. The Balaban J connectivity index is 1.74. The molecule has 3 aromatic rings. The molecule has 26 heavy (non-hydrogen) atoms. The molecule has 0 saturated heterocycles. The van der Waals surface area contributed by atoms with Gasteiger partial charge in [0.25, 0.3) is 5.91 Å². The average Bonchev–Trinajstić information content (AvgIpc) is 3.06. The van der Waals surface area contributed by atoms with Gasteiger partial charge in [-0.2, -0.15) is 5.10 Å². The second-order valence-corrected chi connectivity index (χ2v) is 6.56. The van der Waals surface area contributed by atoms with Crippen LogP contribution in [0.2, 0.25) is 0 Å². The van der Waals surface area contributed by atoms with E-state index in [-0.39, 0.29) is 11.9 Å². The molecule has 2 aromatic heterocycles. The fourth-order valence-corrected chi connectivity index (χ4v) is 2.86. The Kier molecular flexibility index (Phi) is 5.21. The number of rotatable bonds is 6. The summed E-state index contributed by atoms with van der Waals surface area (Å²) >= 11 is 0. The summed E-state index contributed by atoms with van der Waals surface area (Å²) in [6.07, 6.45) is 3.38. The van der Waals surface area contributed by atoms with Gasteiger partial charge >= 0.3 is 0 Å². The van der Waals surface area contributed by atoms with Gasteiger partial charge in [-0.15, -0.1) is 0 Å². The first-order chi connectivity index (χ1) is 12.5. The Morgan fingerprint density at radius 1 is 1.23 bits per heavy atom. The van der Waals surface area contributed by atoms with Crippen LogP contribution in [0.5, 0.6) is 5.75 Å². The first-order valence-electron chi connectivity index (χ1n) is 8.80. The lowest BCUT2D eigenvalue weighted by atomic mass is 10.1. The maximum Gasteiger partial charge on any atom is 0.255 e. The zero-order valence-corrected chi connectivity index (χ0v) is 15.6. The van der Waals surface area contributed by atoms with Crippen LogP contribution < -0.4 is 4.74 Å². The van der Waals surface area contributed by atoms with Crippen LogP contribution in [0.25, 0.3) is 11.0 Å². The number of benzene rings is 1. The quantitative estimate of drug-likeness (QED) is 0.679. The van der Waals surface area contributed by atoms with E-state index in [1.54, 1.807) is 24.3 Å². The van der Waals surface area contributed by atoms with Crippen molar-refractivity contribution in [2.45, 2.75) is 33.4 Å². The molecule has 0 aliphatic heterocycles. The molecule has 0 radical (unpaired) electrons. The van der Waals surface area contributed by atoms with Crippen molar-refractivity contribution in [2.24, 2.45) is 0 Å². The zero-order valence-electron chi connectivity index (χ0n) is 15.6. The molecule has 0 fully saturated rings. The zero-order chi connectivity index (χ0) is 18.7. The highest BCUT2D eigenvalue weighted by molar-refractivity contribution is 5.96. The molecule has 0 aliphatic carbocycles. The van der Waals surface area contributed by atoms with Crippen LogP contribution >= 0.6 is 0 Å². The normalized spacial score (nSPS) is 11.1. The second-order valence-electron chi connectivity index (χ2n) is 6.56. The number of hydrogen-bond acceptors (Lipinski definition) is 4. The van der Waals surface area contributed by atoms with E-state index in [0.717, 1.165) is 22.3 Å². The second kappa shape index (κ2) is 7.56. The van der Waals surface area contributed by atoms with Gasteiger partial charge in [0.15, 0.2) is 5.65 Å². The first kappa shape index (κ1) is 17.9. The van der Waals surface area contributed by atoms with E-state index >= 15 is 0 Å². The van der Waals surface area contributed by atoms with E-state index in [9.17, 15) is 4.79 Å². The lowest BCUT2D eigenvalue weighted by Crippen LogP contribution is -2.26. The Morgan fingerprint density at radius 3 is 2.62 bits per heavy atom.